The zero-order valence-corrected chi connectivity index (χ0v) is 9.96. The molecule has 6 heteroatoms. The van der Waals surface area contributed by atoms with Crippen molar-refractivity contribution < 1.29 is 19.4 Å². The second-order valence-electron chi connectivity index (χ2n) is 3.78. The van der Waals surface area contributed by atoms with Crippen LogP contribution >= 0.6 is 11.6 Å². The zero-order valence-electron chi connectivity index (χ0n) is 9.20. The van der Waals surface area contributed by atoms with Crippen molar-refractivity contribution in [2.75, 3.05) is 0 Å². The number of aliphatic carboxylic acids is 1. The van der Waals surface area contributed by atoms with Gasteiger partial charge < -0.3 is 15.5 Å². The third-order valence-electron chi connectivity index (χ3n) is 2.23. The summed E-state index contributed by atoms with van der Waals surface area (Å²) in [7, 11) is 0. The molecular formula is C11H13ClFNO3. The smallest absolute Gasteiger partial charge is 0.304 e. The maximum Gasteiger partial charge on any atom is 0.304 e. The molecule has 0 bridgehead atoms. The van der Waals surface area contributed by atoms with Gasteiger partial charge in [-0.3, -0.25) is 4.79 Å². The number of halogens is 2. The van der Waals surface area contributed by atoms with Gasteiger partial charge in [-0.05, 0) is 19.1 Å². The van der Waals surface area contributed by atoms with Crippen molar-refractivity contribution in [3.05, 3.63) is 28.5 Å². The fraction of sp³-hybridized carbons (Fsp3) is 0.364. The topological polar surface area (TPSA) is 69.6 Å². The molecule has 0 aromatic heterocycles. The monoisotopic (exact) mass is 261 g/mol. The summed E-state index contributed by atoms with van der Waals surface area (Å²) in [5.41, 5.74) is 0.298. The molecule has 1 rings (SSSR count). The molecule has 0 spiro atoms. The Kier molecular flexibility index (Phi) is 4.72. The van der Waals surface area contributed by atoms with Crippen LogP contribution in [0.4, 0.5) is 4.39 Å². The average Bonchev–Trinajstić information content (AvgIpc) is 2.20. The van der Waals surface area contributed by atoms with Crippen LogP contribution < -0.4 is 5.32 Å². The second-order valence-corrected chi connectivity index (χ2v) is 4.21. The summed E-state index contributed by atoms with van der Waals surface area (Å²) in [6, 6.07) is 2.16. The molecule has 0 saturated carbocycles. The van der Waals surface area contributed by atoms with Gasteiger partial charge in [0.25, 0.3) is 0 Å². The summed E-state index contributed by atoms with van der Waals surface area (Å²) < 4.78 is 13.1. The number of carbonyl (C=O) groups is 1. The maximum atomic E-state index is 13.1. The predicted octanol–water partition coefficient (Wildman–Crippen LogP) is 2.14. The first-order valence-electron chi connectivity index (χ1n) is 5.02. The van der Waals surface area contributed by atoms with Gasteiger partial charge in [0, 0.05) is 23.2 Å². The highest BCUT2D eigenvalue weighted by atomic mass is 35.5. The molecule has 1 aromatic rings. The number of carboxylic acids is 1. The van der Waals surface area contributed by atoms with E-state index in [1.165, 1.54) is 6.07 Å². The van der Waals surface area contributed by atoms with Crippen molar-refractivity contribution in [3.63, 3.8) is 0 Å². The van der Waals surface area contributed by atoms with E-state index >= 15 is 0 Å². The fourth-order valence-corrected chi connectivity index (χ4v) is 1.60. The van der Waals surface area contributed by atoms with Crippen LogP contribution in [0.5, 0.6) is 5.75 Å². The molecule has 0 radical (unpaired) electrons. The molecule has 3 N–H and O–H groups in total. The predicted molar refractivity (Wildman–Crippen MR) is 61.6 cm³/mol. The Hall–Kier alpha value is -1.33. The third-order valence-corrected chi connectivity index (χ3v) is 2.45. The minimum Gasteiger partial charge on any atom is -0.505 e. The number of hydrogen-bond donors (Lipinski definition) is 3. The SMILES string of the molecule is C[C@H](CC(=O)O)NCc1cc(Cl)cc(F)c1O. The molecule has 17 heavy (non-hydrogen) atoms. The molecule has 0 aliphatic rings. The van der Waals surface area contributed by atoms with Gasteiger partial charge in [-0.2, -0.15) is 0 Å². The molecule has 94 valence electrons. The van der Waals surface area contributed by atoms with Crippen molar-refractivity contribution in [2.45, 2.75) is 25.9 Å². The van der Waals surface area contributed by atoms with Crippen molar-refractivity contribution in [1.82, 2.24) is 5.32 Å². The van der Waals surface area contributed by atoms with E-state index in [1.54, 1.807) is 6.92 Å². The molecule has 1 aromatic carbocycles. The van der Waals surface area contributed by atoms with Crippen LogP contribution in [0.15, 0.2) is 12.1 Å². The van der Waals surface area contributed by atoms with Gasteiger partial charge in [-0.1, -0.05) is 11.6 Å². The third kappa shape index (κ3) is 4.20. The van der Waals surface area contributed by atoms with Crippen LogP contribution in [0.25, 0.3) is 0 Å². The Bertz CT molecular complexity index is 425. The molecule has 4 nitrogen and oxygen atoms in total. The van der Waals surface area contributed by atoms with Crippen LogP contribution in [0.2, 0.25) is 5.02 Å². The van der Waals surface area contributed by atoms with Gasteiger partial charge in [0.15, 0.2) is 11.6 Å². The number of carboxylic acid groups (broad SMARTS) is 1. The number of nitrogens with one attached hydrogen (secondary N) is 1. The summed E-state index contributed by atoms with van der Waals surface area (Å²) in [4.78, 5) is 10.4. The van der Waals surface area contributed by atoms with Crippen LogP contribution in [0.3, 0.4) is 0 Å². The number of phenolic OH excluding ortho intramolecular Hbond substituents is 1. The number of rotatable bonds is 5. The average molecular weight is 262 g/mol. The van der Waals surface area contributed by atoms with Crippen LogP contribution in [-0.2, 0) is 11.3 Å². The summed E-state index contributed by atoms with van der Waals surface area (Å²) in [5.74, 6) is -2.18. The molecule has 0 aliphatic heterocycles. The van der Waals surface area contributed by atoms with E-state index in [1.807, 2.05) is 0 Å². The minimum absolute atomic E-state index is 0.0518. The highest BCUT2D eigenvalue weighted by Crippen LogP contribution is 2.25. The van der Waals surface area contributed by atoms with Gasteiger partial charge in [0.05, 0.1) is 6.42 Å². The lowest BCUT2D eigenvalue weighted by molar-refractivity contribution is -0.137. The molecule has 0 amide bonds. The summed E-state index contributed by atoms with van der Waals surface area (Å²) in [5, 5.41) is 21.0. The van der Waals surface area contributed by atoms with Gasteiger partial charge in [0.1, 0.15) is 0 Å². The Labute approximate surface area is 103 Å². The number of phenols is 1. The molecule has 0 saturated heterocycles. The molecule has 0 unspecified atom stereocenters. The maximum absolute atomic E-state index is 13.1. The van der Waals surface area contributed by atoms with Crippen molar-refractivity contribution in [3.8, 4) is 5.75 Å². The van der Waals surface area contributed by atoms with Gasteiger partial charge in [-0.25, -0.2) is 4.39 Å². The lowest BCUT2D eigenvalue weighted by Gasteiger charge is -2.12. The Morgan fingerprint density at radius 2 is 2.24 bits per heavy atom. The van der Waals surface area contributed by atoms with Crippen molar-refractivity contribution >= 4 is 17.6 Å². The van der Waals surface area contributed by atoms with Crippen molar-refractivity contribution in [2.24, 2.45) is 0 Å². The van der Waals surface area contributed by atoms with Crippen molar-refractivity contribution in [1.29, 1.82) is 0 Å². The highest BCUT2D eigenvalue weighted by Gasteiger charge is 2.11. The van der Waals surface area contributed by atoms with Gasteiger partial charge >= 0.3 is 5.97 Å². The normalized spacial score (nSPS) is 12.4. The number of hydrogen-bond acceptors (Lipinski definition) is 3. The Morgan fingerprint density at radius 1 is 1.59 bits per heavy atom. The van der Waals surface area contributed by atoms with E-state index < -0.39 is 17.5 Å². The molecule has 0 aliphatic carbocycles. The van der Waals surface area contributed by atoms with Crippen LogP contribution in [0.1, 0.15) is 18.9 Å². The second kappa shape index (κ2) is 5.84. The molecular weight excluding hydrogens is 249 g/mol. The largest absolute Gasteiger partial charge is 0.505 e. The van der Waals surface area contributed by atoms with E-state index in [2.05, 4.69) is 5.32 Å². The fourth-order valence-electron chi connectivity index (χ4n) is 1.37. The standard InChI is InChI=1S/C11H13ClFNO3/c1-6(2-10(15)16)14-5-7-3-8(12)4-9(13)11(7)17/h3-4,6,14,17H,2,5H2,1H3,(H,15,16)/t6-/m1/s1. The van der Waals surface area contributed by atoms with Crippen LogP contribution in [-0.4, -0.2) is 22.2 Å². The van der Waals surface area contributed by atoms with E-state index in [4.69, 9.17) is 16.7 Å². The Balaban J connectivity index is 2.66. The summed E-state index contributed by atoms with van der Waals surface area (Å²) >= 11 is 5.65. The summed E-state index contributed by atoms with van der Waals surface area (Å²) in [6.07, 6.45) is -0.0518. The van der Waals surface area contributed by atoms with E-state index in [0.717, 1.165) is 6.07 Å². The van der Waals surface area contributed by atoms with E-state index in [9.17, 15) is 14.3 Å². The van der Waals surface area contributed by atoms with Gasteiger partial charge in [0.2, 0.25) is 0 Å². The summed E-state index contributed by atoms with van der Waals surface area (Å²) in [6.45, 7) is 1.84. The molecule has 0 fully saturated rings. The quantitative estimate of drug-likeness (QED) is 0.760. The van der Waals surface area contributed by atoms with E-state index in [0.29, 0.717) is 5.56 Å². The lowest BCUT2D eigenvalue weighted by atomic mass is 10.1. The lowest BCUT2D eigenvalue weighted by Crippen LogP contribution is -2.28. The Morgan fingerprint density at radius 3 is 2.82 bits per heavy atom. The first-order valence-corrected chi connectivity index (χ1v) is 5.40. The van der Waals surface area contributed by atoms with Crippen LogP contribution in [0, 0.1) is 5.82 Å². The number of benzene rings is 1. The highest BCUT2D eigenvalue weighted by molar-refractivity contribution is 6.30. The van der Waals surface area contributed by atoms with E-state index in [-0.39, 0.29) is 24.0 Å². The van der Waals surface area contributed by atoms with Gasteiger partial charge in [-0.15, -0.1) is 0 Å². The zero-order chi connectivity index (χ0) is 13.0. The molecule has 1 atom stereocenters. The first kappa shape index (κ1) is 13.7. The minimum atomic E-state index is -0.925. The first-order chi connectivity index (χ1) is 7.90. The number of aromatic hydroxyl groups is 1. The molecule has 0 heterocycles.